The van der Waals surface area contributed by atoms with E-state index in [9.17, 15) is 17.6 Å². The minimum Gasteiger partial charge on any atom is -0.467 e. The van der Waals surface area contributed by atoms with Gasteiger partial charge in [-0.05, 0) is 55.3 Å². The highest BCUT2D eigenvalue weighted by molar-refractivity contribution is 7.91. The molecule has 1 aliphatic heterocycles. The minimum atomic E-state index is -3.75. The van der Waals surface area contributed by atoms with Gasteiger partial charge in [0.25, 0.3) is 10.0 Å². The summed E-state index contributed by atoms with van der Waals surface area (Å²) in [6, 6.07) is 10.8. The number of anilines is 1. The van der Waals surface area contributed by atoms with E-state index in [0.29, 0.717) is 44.8 Å². The summed E-state index contributed by atoms with van der Waals surface area (Å²) >= 11 is 8.15. The summed E-state index contributed by atoms with van der Waals surface area (Å²) in [6.07, 6.45) is 2.62. The second-order valence-electron chi connectivity index (χ2n) is 7.87. The molecule has 1 atom stereocenters. The summed E-state index contributed by atoms with van der Waals surface area (Å²) < 4.78 is 47.9. The lowest BCUT2D eigenvalue weighted by Gasteiger charge is -2.33. The Morgan fingerprint density at radius 1 is 1.26 bits per heavy atom. The first-order valence-electron chi connectivity index (χ1n) is 10.5. The zero-order valence-electron chi connectivity index (χ0n) is 17.7. The molecule has 0 radical (unpaired) electrons. The van der Waals surface area contributed by atoms with Gasteiger partial charge < -0.3 is 4.42 Å². The van der Waals surface area contributed by atoms with Crippen LogP contribution in [0.3, 0.4) is 0 Å². The quantitative estimate of drug-likeness (QED) is 0.328. The number of carbonyl (C=O) groups is 1. The Morgan fingerprint density at radius 3 is 2.85 bits per heavy atom. The highest BCUT2D eigenvalue weighted by Gasteiger charge is 2.37. The summed E-state index contributed by atoms with van der Waals surface area (Å²) in [5.74, 6) is -0.626. The highest BCUT2D eigenvalue weighted by atomic mass is 35.5. The fraction of sp³-hybridized carbons (Fsp3) is 0.273. The van der Waals surface area contributed by atoms with Gasteiger partial charge in [0.1, 0.15) is 15.8 Å². The molecule has 1 aliphatic rings. The Bertz CT molecular complexity index is 1430. The summed E-state index contributed by atoms with van der Waals surface area (Å²) in [7, 11) is -3.75. The Balaban J connectivity index is 1.44. The lowest BCUT2D eigenvalue weighted by atomic mass is 9.98. The SMILES string of the molecule is O=C(C1CCCN(S(=O)(=O)c2ccc(Cl)s2)C1)N(Cc1ccco1)c1nc2ccc(F)cc2s1. The van der Waals surface area contributed by atoms with E-state index in [-0.39, 0.29) is 29.0 Å². The van der Waals surface area contributed by atoms with E-state index in [0.717, 1.165) is 11.3 Å². The third-order valence-corrected chi connectivity index (χ3v) is 10.2. The first kappa shape index (κ1) is 23.4. The van der Waals surface area contributed by atoms with Crippen LogP contribution in [0.1, 0.15) is 18.6 Å². The minimum absolute atomic E-state index is 0.0604. The number of thiophene rings is 1. The summed E-state index contributed by atoms with van der Waals surface area (Å²) in [6.45, 7) is 0.531. The van der Waals surface area contributed by atoms with Crippen LogP contribution in [0.2, 0.25) is 4.34 Å². The molecule has 7 nitrogen and oxygen atoms in total. The summed E-state index contributed by atoms with van der Waals surface area (Å²) in [5, 5.41) is 0.409. The van der Waals surface area contributed by atoms with Crippen LogP contribution in [0, 0.1) is 11.7 Å². The van der Waals surface area contributed by atoms with Gasteiger partial charge in [-0.1, -0.05) is 22.9 Å². The van der Waals surface area contributed by atoms with E-state index >= 15 is 0 Å². The van der Waals surface area contributed by atoms with Crippen molar-refractivity contribution in [2.24, 2.45) is 5.92 Å². The van der Waals surface area contributed by atoms with Crippen molar-refractivity contribution in [3.8, 4) is 0 Å². The van der Waals surface area contributed by atoms with E-state index in [4.69, 9.17) is 16.0 Å². The van der Waals surface area contributed by atoms with Crippen molar-refractivity contribution in [1.82, 2.24) is 9.29 Å². The monoisotopic (exact) mass is 539 g/mol. The van der Waals surface area contributed by atoms with Crippen LogP contribution in [0.4, 0.5) is 9.52 Å². The number of thiazole rings is 1. The van der Waals surface area contributed by atoms with Crippen LogP contribution in [0.5, 0.6) is 0 Å². The average molecular weight is 540 g/mol. The molecule has 0 spiro atoms. The molecule has 0 aliphatic carbocycles. The third kappa shape index (κ3) is 4.63. The zero-order chi connectivity index (χ0) is 23.9. The molecule has 0 N–H and O–H groups in total. The Hall–Kier alpha value is -2.31. The number of furan rings is 1. The van der Waals surface area contributed by atoms with Crippen molar-refractivity contribution >= 4 is 65.6 Å². The van der Waals surface area contributed by atoms with Crippen LogP contribution < -0.4 is 4.90 Å². The number of benzene rings is 1. The normalized spacial score (nSPS) is 17.3. The van der Waals surface area contributed by atoms with Crippen molar-refractivity contribution in [1.29, 1.82) is 0 Å². The maximum absolute atomic E-state index is 13.7. The number of rotatable bonds is 6. The molecule has 1 saturated heterocycles. The van der Waals surface area contributed by atoms with Gasteiger partial charge in [-0.2, -0.15) is 4.31 Å². The molecule has 0 saturated carbocycles. The predicted octanol–water partition coefficient (Wildman–Crippen LogP) is 5.38. The molecule has 34 heavy (non-hydrogen) atoms. The maximum atomic E-state index is 13.7. The Kier molecular flexibility index (Phi) is 6.47. The number of amides is 1. The molecule has 3 aromatic heterocycles. The summed E-state index contributed by atoms with van der Waals surface area (Å²) in [5.41, 5.74) is 0.584. The van der Waals surface area contributed by atoms with E-state index in [2.05, 4.69) is 4.98 Å². The molecular formula is C22H19ClFN3O4S3. The fourth-order valence-electron chi connectivity index (χ4n) is 3.95. The van der Waals surface area contributed by atoms with Crippen LogP contribution in [-0.2, 0) is 21.4 Å². The molecule has 1 unspecified atom stereocenters. The largest absolute Gasteiger partial charge is 0.467 e. The molecule has 0 bridgehead atoms. The fourth-order valence-corrected chi connectivity index (χ4v) is 8.10. The lowest BCUT2D eigenvalue weighted by Crippen LogP contribution is -2.46. The number of sulfonamides is 1. The predicted molar refractivity (Wildman–Crippen MR) is 130 cm³/mol. The standard InChI is InChI=1S/C22H19ClFN3O4S3/c23-19-7-8-20(33-19)34(29,30)26-9-1-3-14(12-26)21(28)27(13-16-4-2-10-31-16)22-25-17-6-5-15(24)11-18(17)32-22/h2,4-8,10-11,14H,1,3,9,12-13H2. The molecule has 178 valence electrons. The third-order valence-electron chi connectivity index (χ3n) is 5.61. The highest BCUT2D eigenvalue weighted by Crippen LogP contribution is 2.34. The molecule has 12 heteroatoms. The first-order chi connectivity index (χ1) is 16.3. The lowest BCUT2D eigenvalue weighted by molar-refractivity contribution is -0.123. The van der Waals surface area contributed by atoms with Gasteiger partial charge in [0, 0.05) is 13.1 Å². The van der Waals surface area contributed by atoms with E-state index in [1.54, 1.807) is 24.3 Å². The van der Waals surface area contributed by atoms with Gasteiger partial charge in [0.05, 0.1) is 33.3 Å². The van der Waals surface area contributed by atoms with Gasteiger partial charge in [-0.3, -0.25) is 9.69 Å². The molecule has 4 aromatic rings. The van der Waals surface area contributed by atoms with Crippen LogP contribution in [-0.4, -0.2) is 36.7 Å². The van der Waals surface area contributed by atoms with Crippen molar-refractivity contribution in [3.05, 3.63) is 64.6 Å². The van der Waals surface area contributed by atoms with E-state index in [1.807, 2.05) is 0 Å². The number of carbonyl (C=O) groups excluding carboxylic acids is 1. The second-order valence-corrected chi connectivity index (χ2v) is 12.8. The molecule has 4 heterocycles. The zero-order valence-corrected chi connectivity index (χ0v) is 20.9. The maximum Gasteiger partial charge on any atom is 0.252 e. The number of aromatic nitrogens is 1. The molecule has 1 fully saturated rings. The number of halogens is 2. The van der Waals surface area contributed by atoms with Gasteiger partial charge in [-0.15, -0.1) is 11.3 Å². The summed E-state index contributed by atoms with van der Waals surface area (Å²) in [4.78, 5) is 19.8. The van der Waals surface area contributed by atoms with Crippen molar-refractivity contribution in [2.75, 3.05) is 18.0 Å². The Morgan fingerprint density at radius 2 is 2.12 bits per heavy atom. The van der Waals surface area contributed by atoms with E-state index < -0.39 is 15.9 Å². The van der Waals surface area contributed by atoms with Gasteiger partial charge >= 0.3 is 0 Å². The molecule has 5 rings (SSSR count). The number of piperidine rings is 1. The average Bonchev–Trinajstić information content (AvgIpc) is 3.58. The smallest absolute Gasteiger partial charge is 0.252 e. The molecule has 1 aromatic carbocycles. The number of hydrogen-bond acceptors (Lipinski definition) is 7. The Labute approximate surface area is 208 Å². The number of fused-ring (bicyclic) bond motifs is 1. The molecule has 1 amide bonds. The van der Waals surface area contributed by atoms with Crippen LogP contribution >= 0.6 is 34.3 Å². The van der Waals surface area contributed by atoms with Crippen molar-refractivity contribution < 1.29 is 22.0 Å². The molecular weight excluding hydrogens is 521 g/mol. The number of nitrogens with zero attached hydrogens (tertiary/aromatic N) is 3. The van der Waals surface area contributed by atoms with Gasteiger partial charge in [0.15, 0.2) is 5.13 Å². The van der Waals surface area contributed by atoms with Crippen molar-refractivity contribution in [2.45, 2.75) is 23.6 Å². The first-order valence-corrected chi connectivity index (χ1v) is 13.9. The van der Waals surface area contributed by atoms with Crippen LogP contribution in [0.25, 0.3) is 10.2 Å². The van der Waals surface area contributed by atoms with Gasteiger partial charge in [0.2, 0.25) is 5.91 Å². The topological polar surface area (TPSA) is 83.7 Å². The second kappa shape index (κ2) is 9.38. The van der Waals surface area contributed by atoms with Gasteiger partial charge in [-0.25, -0.2) is 17.8 Å². The van der Waals surface area contributed by atoms with Crippen molar-refractivity contribution in [3.63, 3.8) is 0 Å². The van der Waals surface area contributed by atoms with Crippen LogP contribution in [0.15, 0.2) is 57.4 Å². The van der Waals surface area contributed by atoms with E-state index in [1.165, 1.54) is 45.0 Å². The number of hydrogen-bond donors (Lipinski definition) is 0.